The Balaban J connectivity index is 3.87. The molecule has 0 aliphatic heterocycles. The SMILES string of the molecule is CCCCCC(=O)CO[Si](CC)(CC)CC. The van der Waals surface area contributed by atoms with Crippen LogP contribution in [0.5, 0.6) is 0 Å². The molecular weight excluding hydrogens is 216 g/mol. The molecule has 3 heteroatoms. The zero-order valence-corrected chi connectivity index (χ0v) is 12.5. The van der Waals surface area contributed by atoms with Gasteiger partial charge in [-0.1, -0.05) is 40.5 Å². The number of hydrogen-bond donors (Lipinski definition) is 0. The molecule has 0 aliphatic rings. The monoisotopic (exact) mass is 244 g/mol. The maximum absolute atomic E-state index is 11.6. The Labute approximate surface area is 102 Å². The molecular formula is C13H28O2Si. The van der Waals surface area contributed by atoms with Crippen molar-refractivity contribution in [3.05, 3.63) is 0 Å². The average Bonchev–Trinajstić information content (AvgIpc) is 2.32. The number of hydrogen-bond acceptors (Lipinski definition) is 2. The molecule has 0 bridgehead atoms. The Morgan fingerprint density at radius 1 is 1.00 bits per heavy atom. The largest absolute Gasteiger partial charge is 0.410 e. The van der Waals surface area contributed by atoms with Gasteiger partial charge in [0, 0.05) is 6.42 Å². The molecule has 0 aromatic rings. The molecule has 0 radical (unpaired) electrons. The summed E-state index contributed by atoms with van der Waals surface area (Å²) >= 11 is 0. The van der Waals surface area contributed by atoms with Gasteiger partial charge in [-0.2, -0.15) is 0 Å². The van der Waals surface area contributed by atoms with Crippen molar-refractivity contribution in [2.75, 3.05) is 6.61 Å². The van der Waals surface area contributed by atoms with Crippen LogP contribution in [0.1, 0.15) is 53.4 Å². The Morgan fingerprint density at radius 3 is 2.00 bits per heavy atom. The number of unbranched alkanes of at least 4 members (excludes halogenated alkanes) is 2. The van der Waals surface area contributed by atoms with Gasteiger partial charge in [0.05, 0.1) is 6.61 Å². The molecule has 16 heavy (non-hydrogen) atoms. The highest BCUT2D eigenvalue weighted by Crippen LogP contribution is 2.21. The Hall–Kier alpha value is -0.153. The standard InChI is InChI=1S/C13H28O2Si/c1-5-9-10-11-13(14)12-15-16(6-2,7-3)8-4/h5-12H2,1-4H3. The van der Waals surface area contributed by atoms with Gasteiger partial charge in [0.25, 0.3) is 0 Å². The van der Waals surface area contributed by atoms with Gasteiger partial charge < -0.3 is 4.43 Å². The van der Waals surface area contributed by atoms with E-state index in [9.17, 15) is 4.79 Å². The van der Waals surface area contributed by atoms with Crippen molar-refractivity contribution in [1.82, 2.24) is 0 Å². The number of Topliss-reactive ketones (excluding diaryl/α,β-unsaturated/α-hetero) is 1. The fourth-order valence-corrected chi connectivity index (χ4v) is 4.51. The quantitative estimate of drug-likeness (QED) is 0.426. The lowest BCUT2D eigenvalue weighted by Gasteiger charge is -2.27. The first-order valence-electron chi connectivity index (χ1n) is 6.79. The molecule has 0 aromatic heterocycles. The highest BCUT2D eigenvalue weighted by Gasteiger charge is 2.29. The number of ketones is 1. The second-order valence-corrected chi connectivity index (χ2v) is 9.30. The molecule has 0 heterocycles. The first kappa shape index (κ1) is 15.8. The van der Waals surface area contributed by atoms with E-state index in [1.165, 1.54) is 6.42 Å². The Kier molecular flexibility index (Phi) is 8.85. The average molecular weight is 244 g/mol. The molecule has 0 rings (SSSR count). The van der Waals surface area contributed by atoms with Crippen molar-refractivity contribution in [2.24, 2.45) is 0 Å². The van der Waals surface area contributed by atoms with Crippen LogP contribution in [-0.4, -0.2) is 20.7 Å². The van der Waals surface area contributed by atoms with Crippen LogP contribution < -0.4 is 0 Å². The first-order valence-corrected chi connectivity index (χ1v) is 9.32. The summed E-state index contributed by atoms with van der Waals surface area (Å²) in [6, 6.07) is 3.38. The molecule has 0 N–H and O–H groups in total. The van der Waals surface area contributed by atoms with Crippen LogP contribution in [0.15, 0.2) is 0 Å². The molecule has 0 fully saturated rings. The highest BCUT2D eigenvalue weighted by atomic mass is 28.4. The summed E-state index contributed by atoms with van der Waals surface area (Å²) in [6.45, 7) is 9.11. The number of carbonyl (C=O) groups is 1. The molecule has 96 valence electrons. The fraction of sp³-hybridized carbons (Fsp3) is 0.923. The normalized spacial score (nSPS) is 11.8. The van der Waals surface area contributed by atoms with Crippen molar-refractivity contribution < 1.29 is 9.22 Å². The third-order valence-electron chi connectivity index (χ3n) is 3.53. The first-order chi connectivity index (χ1) is 7.64. The van der Waals surface area contributed by atoms with Crippen LogP contribution in [0.2, 0.25) is 18.1 Å². The molecule has 0 atom stereocenters. The summed E-state index contributed by atoms with van der Waals surface area (Å²) in [5, 5.41) is 0. The molecule has 2 nitrogen and oxygen atoms in total. The molecule has 0 amide bonds. The van der Waals surface area contributed by atoms with Crippen molar-refractivity contribution in [3.8, 4) is 0 Å². The van der Waals surface area contributed by atoms with Crippen LogP contribution in [0, 0.1) is 0 Å². The second-order valence-electron chi connectivity index (χ2n) is 4.53. The molecule has 0 saturated heterocycles. The summed E-state index contributed by atoms with van der Waals surface area (Å²) in [4.78, 5) is 11.6. The van der Waals surface area contributed by atoms with Gasteiger partial charge in [-0.15, -0.1) is 0 Å². The van der Waals surface area contributed by atoms with Gasteiger partial charge in [-0.05, 0) is 24.6 Å². The molecule has 0 unspecified atom stereocenters. The zero-order chi connectivity index (χ0) is 12.4. The van der Waals surface area contributed by atoms with E-state index in [0.717, 1.165) is 31.0 Å². The molecule has 0 aromatic carbocycles. The number of rotatable bonds is 10. The molecule has 0 aliphatic carbocycles. The summed E-state index contributed by atoms with van der Waals surface area (Å²) < 4.78 is 5.96. The van der Waals surface area contributed by atoms with E-state index in [2.05, 4.69) is 27.7 Å². The van der Waals surface area contributed by atoms with Gasteiger partial charge in [-0.3, -0.25) is 4.79 Å². The van der Waals surface area contributed by atoms with Crippen LogP contribution in [0.4, 0.5) is 0 Å². The van der Waals surface area contributed by atoms with Gasteiger partial charge in [0.15, 0.2) is 14.1 Å². The number of carbonyl (C=O) groups excluding carboxylic acids is 1. The van der Waals surface area contributed by atoms with Gasteiger partial charge in [0.1, 0.15) is 0 Å². The van der Waals surface area contributed by atoms with E-state index in [-0.39, 0.29) is 0 Å². The van der Waals surface area contributed by atoms with Crippen LogP contribution >= 0.6 is 0 Å². The van der Waals surface area contributed by atoms with Crippen molar-refractivity contribution in [1.29, 1.82) is 0 Å². The second kappa shape index (κ2) is 8.94. The van der Waals surface area contributed by atoms with E-state index >= 15 is 0 Å². The Morgan fingerprint density at radius 2 is 1.56 bits per heavy atom. The summed E-state index contributed by atoms with van der Waals surface area (Å²) in [7, 11) is -1.55. The van der Waals surface area contributed by atoms with Gasteiger partial charge in [0.2, 0.25) is 0 Å². The van der Waals surface area contributed by atoms with E-state index in [1.807, 2.05) is 0 Å². The maximum Gasteiger partial charge on any atom is 0.192 e. The predicted octanol–water partition coefficient (Wildman–Crippen LogP) is 4.16. The minimum Gasteiger partial charge on any atom is -0.410 e. The summed E-state index contributed by atoms with van der Waals surface area (Å²) in [5.74, 6) is 0.292. The smallest absolute Gasteiger partial charge is 0.192 e. The lowest BCUT2D eigenvalue weighted by Crippen LogP contribution is -2.37. The third-order valence-corrected chi connectivity index (χ3v) is 8.15. The van der Waals surface area contributed by atoms with E-state index in [1.54, 1.807) is 0 Å². The fourth-order valence-electron chi connectivity index (χ4n) is 1.93. The van der Waals surface area contributed by atoms with Crippen LogP contribution in [0.3, 0.4) is 0 Å². The van der Waals surface area contributed by atoms with E-state index in [4.69, 9.17) is 4.43 Å². The van der Waals surface area contributed by atoms with Gasteiger partial charge >= 0.3 is 0 Å². The summed E-state index contributed by atoms with van der Waals surface area (Å²) in [6.07, 6.45) is 4.06. The molecule has 0 spiro atoms. The highest BCUT2D eigenvalue weighted by molar-refractivity contribution is 6.73. The van der Waals surface area contributed by atoms with E-state index in [0.29, 0.717) is 18.8 Å². The minimum absolute atomic E-state index is 0.292. The van der Waals surface area contributed by atoms with Crippen molar-refractivity contribution >= 4 is 14.1 Å². The van der Waals surface area contributed by atoms with Crippen molar-refractivity contribution in [3.63, 3.8) is 0 Å². The van der Waals surface area contributed by atoms with Crippen molar-refractivity contribution in [2.45, 2.75) is 71.5 Å². The van der Waals surface area contributed by atoms with Crippen LogP contribution in [-0.2, 0) is 9.22 Å². The topological polar surface area (TPSA) is 26.3 Å². The zero-order valence-electron chi connectivity index (χ0n) is 11.5. The predicted molar refractivity (Wildman–Crippen MR) is 72.3 cm³/mol. The van der Waals surface area contributed by atoms with Gasteiger partial charge in [-0.25, -0.2) is 0 Å². The maximum atomic E-state index is 11.6. The summed E-state index contributed by atoms with van der Waals surface area (Å²) in [5.41, 5.74) is 0. The minimum atomic E-state index is -1.55. The lowest BCUT2D eigenvalue weighted by atomic mass is 10.1. The third kappa shape index (κ3) is 5.80. The Bertz CT molecular complexity index is 180. The van der Waals surface area contributed by atoms with Crippen LogP contribution in [0.25, 0.3) is 0 Å². The molecule has 0 saturated carbocycles. The lowest BCUT2D eigenvalue weighted by molar-refractivity contribution is -0.121. The van der Waals surface area contributed by atoms with E-state index < -0.39 is 8.32 Å².